The van der Waals surface area contributed by atoms with Crippen molar-refractivity contribution >= 4 is 23.8 Å². The van der Waals surface area contributed by atoms with Gasteiger partial charge in [-0.1, -0.05) is 109 Å². The number of amides is 1. The summed E-state index contributed by atoms with van der Waals surface area (Å²) >= 11 is 0. The topological polar surface area (TPSA) is 114 Å². The number of benzene rings is 4. The molecule has 4 aromatic carbocycles. The summed E-state index contributed by atoms with van der Waals surface area (Å²) in [5.74, 6) is 1.69. The van der Waals surface area contributed by atoms with Crippen molar-refractivity contribution in [1.82, 2.24) is 20.3 Å². The van der Waals surface area contributed by atoms with Gasteiger partial charge in [-0.3, -0.25) is 4.79 Å². The molecule has 0 unspecified atom stereocenters. The summed E-state index contributed by atoms with van der Waals surface area (Å²) < 4.78 is 11.3. The number of carbonyl (C=O) groups excluding carboxylic acids is 1. The van der Waals surface area contributed by atoms with Gasteiger partial charge in [0.05, 0.1) is 26.4 Å². The molecule has 0 saturated heterocycles. The zero-order chi connectivity index (χ0) is 33.9. The van der Waals surface area contributed by atoms with Crippen LogP contribution in [0.2, 0.25) is 0 Å². The fraction of sp³-hybridized carbons (Fsp3) is 0.282. The molecule has 0 aliphatic rings. The van der Waals surface area contributed by atoms with Crippen LogP contribution in [-0.4, -0.2) is 74.0 Å². The summed E-state index contributed by atoms with van der Waals surface area (Å²) in [5.41, 5.74) is 4.35. The van der Waals surface area contributed by atoms with Gasteiger partial charge in [-0.2, -0.15) is 15.0 Å². The first-order chi connectivity index (χ1) is 24.2. The van der Waals surface area contributed by atoms with E-state index in [-0.39, 0.29) is 11.8 Å². The molecular weight excluding hydrogens is 614 g/mol. The zero-order valence-electron chi connectivity index (χ0n) is 28.0. The van der Waals surface area contributed by atoms with E-state index in [9.17, 15) is 4.79 Å². The average molecular weight is 660 g/mol. The van der Waals surface area contributed by atoms with Gasteiger partial charge >= 0.3 is 0 Å². The van der Waals surface area contributed by atoms with Gasteiger partial charge in [0.15, 0.2) is 0 Å². The van der Waals surface area contributed by atoms with Crippen LogP contribution in [0.5, 0.6) is 0 Å². The Morgan fingerprint density at radius 2 is 1.14 bits per heavy atom. The number of rotatable bonds is 20. The first-order valence-electron chi connectivity index (χ1n) is 16.7. The highest BCUT2D eigenvalue weighted by atomic mass is 16.5. The molecule has 3 N–H and O–H groups in total. The van der Waals surface area contributed by atoms with Crippen molar-refractivity contribution in [2.45, 2.75) is 18.9 Å². The fourth-order valence-corrected chi connectivity index (χ4v) is 5.33. The maximum Gasteiger partial charge on any atom is 0.251 e. The van der Waals surface area contributed by atoms with Crippen molar-refractivity contribution in [3.05, 3.63) is 144 Å². The number of hydrogen-bond acceptors (Lipinski definition) is 9. The first kappa shape index (κ1) is 35.0. The number of carbonyl (C=O) groups is 1. The van der Waals surface area contributed by atoms with Crippen molar-refractivity contribution in [1.29, 1.82) is 0 Å². The summed E-state index contributed by atoms with van der Waals surface area (Å²) in [6.07, 6.45) is 0.868. The van der Waals surface area contributed by atoms with Gasteiger partial charge < -0.3 is 30.3 Å². The Kier molecular flexibility index (Phi) is 13.9. The van der Waals surface area contributed by atoms with E-state index < -0.39 is 0 Å². The molecule has 0 aliphatic heterocycles. The first-order valence-corrected chi connectivity index (χ1v) is 16.7. The molecule has 10 nitrogen and oxygen atoms in total. The molecule has 5 rings (SSSR count). The Morgan fingerprint density at radius 1 is 0.633 bits per heavy atom. The lowest BCUT2D eigenvalue weighted by Crippen LogP contribution is -2.27. The molecule has 1 amide bonds. The summed E-state index contributed by atoms with van der Waals surface area (Å²) in [7, 11) is 1.98. The molecule has 0 aliphatic carbocycles. The van der Waals surface area contributed by atoms with Crippen LogP contribution in [-0.2, 0) is 16.0 Å². The van der Waals surface area contributed by atoms with E-state index >= 15 is 0 Å². The van der Waals surface area contributed by atoms with E-state index in [0.29, 0.717) is 76.0 Å². The highest BCUT2D eigenvalue weighted by Crippen LogP contribution is 2.28. The van der Waals surface area contributed by atoms with Crippen molar-refractivity contribution in [3.8, 4) is 0 Å². The maximum absolute atomic E-state index is 12.1. The van der Waals surface area contributed by atoms with Crippen LogP contribution in [0.25, 0.3) is 0 Å². The highest BCUT2D eigenvalue weighted by Gasteiger charge is 2.15. The van der Waals surface area contributed by atoms with Crippen LogP contribution in [0.1, 0.15) is 39.4 Å². The highest BCUT2D eigenvalue weighted by molar-refractivity contribution is 5.94. The van der Waals surface area contributed by atoms with Crippen molar-refractivity contribution < 1.29 is 14.3 Å². The number of anilines is 3. The molecule has 49 heavy (non-hydrogen) atoms. The van der Waals surface area contributed by atoms with Crippen molar-refractivity contribution in [2.24, 2.45) is 0 Å². The van der Waals surface area contributed by atoms with Gasteiger partial charge in [0.25, 0.3) is 5.91 Å². The Morgan fingerprint density at radius 3 is 1.73 bits per heavy atom. The summed E-state index contributed by atoms with van der Waals surface area (Å²) in [6, 6.07) is 40.5. The van der Waals surface area contributed by atoms with Crippen LogP contribution >= 0.6 is 0 Å². The monoisotopic (exact) mass is 659 g/mol. The molecule has 1 heterocycles. The molecule has 10 heteroatoms. The van der Waals surface area contributed by atoms with E-state index in [2.05, 4.69) is 81.6 Å². The second kappa shape index (κ2) is 19.5. The van der Waals surface area contributed by atoms with Crippen LogP contribution in [0, 0.1) is 0 Å². The third-order valence-electron chi connectivity index (χ3n) is 7.82. The fourth-order valence-electron chi connectivity index (χ4n) is 5.33. The van der Waals surface area contributed by atoms with Gasteiger partial charge in [0, 0.05) is 44.7 Å². The Hall–Kier alpha value is -5.32. The Labute approximate surface area is 288 Å². The quantitative estimate of drug-likeness (QED) is 0.0864. The lowest BCUT2D eigenvalue weighted by atomic mass is 9.88. The molecule has 0 fully saturated rings. The van der Waals surface area contributed by atoms with Crippen molar-refractivity contribution in [3.63, 3.8) is 0 Å². The number of ether oxygens (including phenoxy) is 2. The molecule has 0 radical (unpaired) electrons. The Balaban J connectivity index is 1.11. The predicted octanol–water partition coefficient (Wildman–Crippen LogP) is 6.02. The molecule has 0 atom stereocenters. The third-order valence-corrected chi connectivity index (χ3v) is 7.82. The summed E-state index contributed by atoms with van der Waals surface area (Å²) in [4.78, 5) is 28.3. The standard InChI is InChI=1S/C39H45N7O3/c1-46(30-31-14-6-2-7-15-31)39-44-37(41-23-22-35(32-16-8-3-9-17-32)33-18-10-4-11-19-33)43-38(45-39)42-25-27-49-29-28-48-26-24-40-36(47)34-20-12-5-13-21-34/h2-21,35H,22-30H2,1H3,(H,40,47)(H2,41,42,43,44,45). The largest absolute Gasteiger partial charge is 0.377 e. The summed E-state index contributed by atoms with van der Waals surface area (Å²) in [6.45, 7) is 4.03. The smallest absolute Gasteiger partial charge is 0.251 e. The second-order valence-electron chi connectivity index (χ2n) is 11.5. The van der Waals surface area contributed by atoms with E-state index in [1.807, 2.05) is 60.5 Å². The lowest BCUT2D eigenvalue weighted by molar-refractivity contribution is 0.0519. The van der Waals surface area contributed by atoms with E-state index in [0.717, 1.165) is 12.0 Å². The maximum atomic E-state index is 12.1. The van der Waals surface area contributed by atoms with E-state index in [4.69, 9.17) is 19.4 Å². The average Bonchev–Trinajstić information content (AvgIpc) is 3.15. The number of nitrogens with one attached hydrogen (secondary N) is 3. The summed E-state index contributed by atoms with van der Waals surface area (Å²) in [5, 5.41) is 9.60. The molecule has 0 saturated carbocycles. The van der Waals surface area contributed by atoms with Crippen LogP contribution in [0.3, 0.4) is 0 Å². The van der Waals surface area contributed by atoms with Gasteiger partial charge in [-0.15, -0.1) is 0 Å². The lowest BCUT2D eigenvalue weighted by Gasteiger charge is -2.20. The normalized spacial score (nSPS) is 10.9. The van der Waals surface area contributed by atoms with Crippen LogP contribution in [0.4, 0.5) is 17.8 Å². The molecule has 0 bridgehead atoms. The molecular formula is C39H45N7O3. The minimum Gasteiger partial charge on any atom is -0.377 e. The number of aromatic nitrogens is 3. The van der Waals surface area contributed by atoms with Crippen molar-refractivity contribution in [2.75, 3.05) is 68.6 Å². The molecule has 0 spiro atoms. The molecule has 1 aromatic heterocycles. The predicted molar refractivity (Wildman–Crippen MR) is 195 cm³/mol. The molecule has 254 valence electrons. The van der Waals surface area contributed by atoms with Crippen LogP contribution < -0.4 is 20.9 Å². The van der Waals surface area contributed by atoms with E-state index in [1.165, 1.54) is 11.1 Å². The number of nitrogens with zero attached hydrogens (tertiary/aromatic N) is 4. The van der Waals surface area contributed by atoms with E-state index in [1.54, 1.807) is 12.1 Å². The minimum absolute atomic E-state index is 0.110. The molecule has 5 aromatic rings. The van der Waals surface area contributed by atoms with Crippen LogP contribution in [0.15, 0.2) is 121 Å². The van der Waals surface area contributed by atoms with Gasteiger partial charge in [-0.05, 0) is 35.2 Å². The zero-order valence-corrected chi connectivity index (χ0v) is 28.0. The van der Waals surface area contributed by atoms with Gasteiger partial charge in [-0.25, -0.2) is 0 Å². The van der Waals surface area contributed by atoms with Gasteiger partial charge in [0.2, 0.25) is 17.8 Å². The second-order valence-corrected chi connectivity index (χ2v) is 11.5. The Bertz CT molecular complexity index is 1620. The SMILES string of the molecule is CN(Cc1ccccc1)c1nc(NCCOCCOCCNC(=O)c2ccccc2)nc(NCCC(c2ccccc2)c2ccccc2)n1. The number of hydrogen-bond donors (Lipinski definition) is 3. The van der Waals surface area contributed by atoms with Gasteiger partial charge in [0.1, 0.15) is 0 Å². The minimum atomic E-state index is -0.110. The third kappa shape index (κ3) is 11.7.